The predicted octanol–water partition coefficient (Wildman–Crippen LogP) is 2.83. The number of nitrogens with zero attached hydrogens (tertiary/aromatic N) is 4. The molecule has 2 N–H and O–H groups in total. The second-order valence-corrected chi connectivity index (χ2v) is 7.79. The van der Waals surface area contributed by atoms with Gasteiger partial charge in [0.25, 0.3) is 0 Å². The summed E-state index contributed by atoms with van der Waals surface area (Å²) in [6.07, 6.45) is 0.466. The molecule has 0 aliphatic rings. The van der Waals surface area contributed by atoms with E-state index in [0.717, 1.165) is 16.7 Å². The van der Waals surface area contributed by atoms with Crippen molar-refractivity contribution < 1.29 is 9.59 Å². The van der Waals surface area contributed by atoms with Crippen LogP contribution in [-0.2, 0) is 16.0 Å². The minimum absolute atomic E-state index is 0.0250. The summed E-state index contributed by atoms with van der Waals surface area (Å²) in [5, 5.41) is 21.3. The van der Waals surface area contributed by atoms with E-state index in [1.54, 1.807) is 0 Å². The molecule has 27 heavy (non-hydrogen) atoms. The average molecular weight is 403 g/mol. The van der Waals surface area contributed by atoms with E-state index < -0.39 is 5.92 Å². The van der Waals surface area contributed by atoms with Crippen molar-refractivity contribution in [2.24, 2.45) is 5.92 Å². The van der Waals surface area contributed by atoms with Gasteiger partial charge in [0.15, 0.2) is 0 Å². The first-order valence-electron chi connectivity index (χ1n) is 8.20. The second kappa shape index (κ2) is 8.78. The largest absolute Gasteiger partial charge is 0.301 e. The molecule has 0 saturated carbocycles. The number of anilines is 2. The zero-order valence-electron chi connectivity index (χ0n) is 14.8. The molecule has 3 rings (SSSR count). The van der Waals surface area contributed by atoms with Crippen LogP contribution < -0.4 is 10.6 Å². The Morgan fingerprint density at radius 2 is 1.56 bits per heavy atom. The summed E-state index contributed by atoms with van der Waals surface area (Å²) in [7, 11) is 0. The van der Waals surface area contributed by atoms with Crippen molar-refractivity contribution in [3.05, 3.63) is 45.9 Å². The van der Waals surface area contributed by atoms with Crippen LogP contribution >= 0.6 is 22.7 Å². The van der Waals surface area contributed by atoms with Crippen LogP contribution in [0, 0.1) is 19.8 Å². The third kappa shape index (κ3) is 5.63. The fourth-order valence-corrected chi connectivity index (χ4v) is 3.69. The quantitative estimate of drug-likeness (QED) is 0.629. The number of carbonyl (C=O) groups excluding carboxylic acids is 2. The molecule has 0 spiro atoms. The smallest absolute Gasteiger partial charge is 0.230 e. The number of hydrogen-bond acceptors (Lipinski definition) is 8. The van der Waals surface area contributed by atoms with Gasteiger partial charge in [0.05, 0.1) is 5.92 Å². The molecular weight excluding hydrogens is 384 g/mol. The number of hydrogen-bond donors (Lipinski definition) is 2. The van der Waals surface area contributed by atoms with Gasteiger partial charge in [-0.1, -0.05) is 52.0 Å². The lowest BCUT2D eigenvalue weighted by Crippen LogP contribution is -2.29. The van der Waals surface area contributed by atoms with Crippen molar-refractivity contribution >= 4 is 44.8 Å². The van der Waals surface area contributed by atoms with Crippen molar-refractivity contribution in [2.75, 3.05) is 10.6 Å². The fourth-order valence-electron chi connectivity index (χ4n) is 2.79. The number of benzene rings is 1. The number of nitrogens with one attached hydrogen (secondary N) is 2. The molecule has 0 saturated heterocycles. The topological polar surface area (TPSA) is 110 Å². The van der Waals surface area contributed by atoms with Crippen molar-refractivity contribution in [3.63, 3.8) is 0 Å². The van der Waals surface area contributed by atoms with Crippen LogP contribution in [0.4, 0.5) is 10.3 Å². The van der Waals surface area contributed by atoms with Gasteiger partial charge in [0.2, 0.25) is 22.1 Å². The maximum atomic E-state index is 12.7. The van der Waals surface area contributed by atoms with E-state index in [1.807, 2.05) is 26.0 Å². The summed E-state index contributed by atoms with van der Waals surface area (Å²) in [5.41, 5.74) is 6.31. The van der Waals surface area contributed by atoms with Gasteiger partial charge in [-0.3, -0.25) is 9.59 Å². The first-order chi connectivity index (χ1) is 13.0. The van der Waals surface area contributed by atoms with Crippen LogP contribution in [0.1, 0.15) is 23.1 Å². The Morgan fingerprint density at radius 1 is 0.963 bits per heavy atom. The van der Waals surface area contributed by atoms with Crippen molar-refractivity contribution in [3.8, 4) is 0 Å². The molecule has 8 nitrogen and oxygen atoms in total. The number of rotatable bonds is 7. The lowest BCUT2D eigenvalue weighted by Gasteiger charge is -2.16. The SMILES string of the molecule is Cc1cc(C)cc(CC(CC(=O)Nc2nncs2)C(=O)Nc2nncs2)c1. The molecule has 1 atom stereocenters. The van der Waals surface area contributed by atoms with Gasteiger partial charge in [0, 0.05) is 6.42 Å². The number of aryl methyl sites for hydroxylation is 2. The summed E-state index contributed by atoms with van der Waals surface area (Å²) in [5.74, 6) is -1.10. The molecule has 0 radical (unpaired) electrons. The first-order valence-corrected chi connectivity index (χ1v) is 9.96. The van der Waals surface area contributed by atoms with E-state index in [0.29, 0.717) is 16.7 Å². The highest BCUT2D eigenvalue weighted by Crippen LogP contribution is 2.20. The Balaban J connectivity index is 1.74. The van der Waals surface area contributed by atoms with E-state index in [9.17, 15) is 9.59 Å². The van der Waals surface area contributed by atoms with Gasteiger partial charge in [-0.2, -0.15) is 0 Å². The molecule has 0 fully saturated rings. The van der Waals surface area contributed by atoms with E-state index in [1.165, 1.54) is 33.7 Å². The highest BCUT2D eigenvalue weighted by molar-refractivity contribution is 7.13. The number of aromatic nitrogens is 4. The lowest BCUT2D eigenvalue weighted by atomic mass is 9.93. The molecule has 2 aromatic heterocycles. The van der Waals surface area contributed by atoms with Crippen molar-refractivity contribution in [2.45, 2.75) is 26.7 Å². The Kier molecular flexibility index (Phi) is 6.20. The molecule has 0 bridgehead atoms. The predicted molar refractivity (Wildman–Crippen MR) is 105 cm³/mol. The van der Waals surface area contributed by atoms with Gasteiger partial charge in [-0.25, -0.2) is 0 Å². The van der Waals surface area contributed by atoms with E-state index in [4.69, 9.17) is 0 Å². The average Bonchev–Trinajstić information content (AvgIpc) is 3.27. The number of amides is 2. The van der Waals surface area contributed by atoms with Gasteiger partial charge >= 0.3 is 0 Å². The number of carbonyl (C=O) groups is 2. The molecule has 10 heteroatoms. The normalized spacial score (nSPS) is 11.8. The Hall–Kier alpha value is -2.72. The molecule has 2 heterocycles. The van der Waals surface area contributed by atoms with E-state index >= 15 is 0 Å². The molecule has 3 aromatic rings. The standard InChI is InChI=1S/C17H18N6O2S2/c1-10-3-11(2)5-12(4-10)6-13(15(25)21-17-23-19-9-27-17)7-14(24)20-16-22-18-8-26-16/h3-5,8-9,13H,6-7H2,1-2H3,(H,20,22,24)(H,21,23,25). The van der Waals surface area contributed by atoms with Crippen LogP contribution in [0.25, 0.3) is 0 Å². The van der Waals surface area contributed by atoms with Gasteiger partial charge in [0.1, 0.15) is 11.0 Å². The summed E-state index contributed by atoms with van der Waals surface area (Å²) < 4.78 is 0. The summed E-state index contributed by atoms with van der Waals surface area (Å²) in [6, 6.07) is 6.13. The van der Waals surface area contributed by atoms with E-state index in [-0.39, 0.29) is 18.2 Å². The Labute approximate surface area is 164 Å². The maximum Gasteiger partial charge on any atom is 0.230 e. The minimum Gasteiger partial charge on any atom is -0.301 e. The third-order valence-corrected chi connectivity index (χ3v) is 4.98. The molecule has 0 aliphatic heterocycles. The van der Waals surface area contributed by atoms with Crippen LogP contribution in [-0.4, -0.2) is 32.2 Å². The molecular formula is C17H18N6O2S2. The van der Waals surface area contributed by atoms with Crippen molar-refractivity contribution in [1.29, 1.82) is 0 Å². The fraction of sp³-hybridized carbons (Fsp3) is 0.294. The molecule has 0 aliphatic carbocycles. The summed E-state index contributed by atoms with van der Waals surface area (Å²) in [4.78, 5) is 25.1. The van der Waals surface area contributed by atoms with Gasteiger partial charge < -0.3 is 10.6 Å². The van der Waals surface area contributed by atoms with Gasteiger partial charge in [-0.15, -0.1) is 20.4 Å². The van der Waals surface area contributed by atoms with Gasteiger partial charge in [-0.05, 0) is 25.8 Å². The molecule has 140 valence electrons. The van der Waals surface area contributed by atoms with Crippen LogP contribution in [0.3, 0.4) is 0 Å². The van der Waals surface area contributed by atoms with Crippen LogP contribution in [0.5, 0.6) is 0 Å². The summed E-state index contributed by atoms with van der Waals surface area (Å²) in [6.45, 7) is 4.02. The molecule has 2 amide bonds. The second-order valence-electron chi connectivity index (χ2n) is 6.13. The molecule has 1 unspecified atom stereocenters. The van der Waals surface area contributed by atoms with Crippen LogP contribution in [0.2, 0.25) is 0 Å². The monoisotopic (exact) mass is 402 g/mol. The first kappa shape index (κ1) is 19.1. The van der Waals surface area contributed by atoms with Crippen LogP contribution in [0.15, 0.2) is 29.2 Å². The zero-order chi connectivity index (χ0) is 19.2. The Morgan fingerprint density at radius 3 is 2.11 bits per heavy atom. The Bertz CT molecular complexity index is 891. The third-order valence-electron chi connectivity index (χ3n) is 3.76. The zero-order valence-corrected chi connectivity index (χ0v) is 16.4. The summed E-state index contributed by atoms with van der Waals surface area (Å²) >= 11 is 2.46. The highest BCUT2D eigenvalue weighted by Gasteiger charge is 2.24. The minimum atomic E-state index is -0.553. The lowest BCUT2D eigenvalue weighted by molar-refractivity contribution is -0.124. The molecule has 1 aromatic carbocycles. The van der Waals surface area contributed by atoms with Crippen molar-refractivity contribution in [1.82, 2.24) is 20.4 Å². The highest BCUT2D eigenvalue weighted by atomic mass is 32.1. The maximum absolute atomic E-state index is 12.7. The van der Waals surface area contributed by atoms with E-state index in [2.05, 4.69) is 37.1 Å².